The Kier molecular flexibility index (Phi) is 6.97. The Labute approximate surface area is 203 Å². The molecule has 4 aromatic rings. The molecule has 0 aliphatic heterocycles. The third kappa shape index (κ3) is 5.58. The van der Waals surface area contributed by atoms with Crippen LogP contribution < -0.4 is 10.6 Å². The van der Waals surface area contributed by atoms with Crippen LogP contribution in [0.1, 0.15) is 40.3 Å². The Balaban J connectivity index is 1.43. The molecule has 0 aliphatic rings. The first-order valence-electron chi connectivity index (χ1n) is 11.2. The first-order chi connectivity index (χ1) is 16.7. The number of hydrogen-bond acceptors (Lipinski definition) is 5. The van der Waals surface area contributed by atoms with Gasteiger partial charge in [-0.2, -0.15) is 0 Å². The van der Waals surface area contributed by atoms with Gasteiger partial charge < -0.3 is 15.6 Å². The lowest BCUT2D eigenvalue weighted by Gasteiger charge is -2.10. The van der Waals surface area contributed by atoms with Crippen molar-refractivity contribution >= 4 is 32.6 Å². The molecule has 0 atom stereocenters. The van der Waals surface area contributed by atoms with Crippen LogP contribution >= 0.6 is 0 Å². The van der Waals surface area contributed by atoms with E-state index >= 15 is 0 Å². The Hall–Kier alpha value is -3.98. The third-order valence-electron chi connectivity index (χ3n) is 5.43. The van der Waals surface area contributed by atoms with Gasteiger partial charge in [0.25, 0.3) is 11.8 Å². The number of fused-ring (bicyclic) bond motifs is 1. The van der Waals surface area contributed by atoms with E-state index in [1.807, 2.05) is 13.8 Å². The molecule has 0 spiro atoms. The zero-order valence-electron chi connectivity index (χ0n) is 19.4. The monoisotopic (exact) mass is 490 g/mol. The van der Waals surface area contributed by atoms with Crippen LogP contribution in [0.5, 0.6) is 0 Å². The van der Waals surface area contributed by atoms with Gasteiger partial charge in [0.2, 0.25) is 9.84 Å². The number of H-pyrrole nitrogens is 1. The zero-order chi connectivity index (χ0) is 25.0. The molecule has 0 fully saturated rings. The molecule has 0 saturated carbocycles. The van der Waals surface area contributed by atoms with E-state index in [4.69, 9.17) is 0 Å². The minimum atomic E-state index is -3.81. The summed E-state index contributed by atoms with van der Waals surface area (Å²) >= 11 is 0. The minimum Gasteiger partial charge on any atom is -0.352 e. The van der Waals surface area contributed by atoms with Crippen molar-refractivity contribution < 1.29 is 18.0 Å². The maximum atomic E-state index is 13.1. The van der Waals surface area contributed by atoms with Crippen molar-refractivity contribution in [2.45, 2.75) is 30.2 Å². The Bertz CT molecular complexity index is 1440. The summed E-state index contributed by atoms with van der Waals surface area (Å²) in [4.78, 5) is 32.1. The summed E-state index contributed by atoms with van der Waals surface area (Å²) in [5.74, 6) is -0.299. The second kappa shape index (κ2) is 10.1. The van der Waals surface area contributed by atoms with E-state index in [-0.39, 0.29) is 34.1 Å². The van der Waals surface area contributed by atoms with Crippen LogP contribution in [0, 0.1) is 5.92 Å². The van der Waals surface area contributed by atoms with Gasteiger partial charge in [-0.1, -0.05) is 32.0 Å². The van der Waals surface area contributed by atoms with Gasteiger partial charge in [0.05, 0.1) is 9.79 Å². The van der Waals surface area contributed by atoms with E-state index in [2.05, 4.69) is 20.6 Å². The van der Waals surface area contributed by atoms with Crippen molar-refractivity contribution in [3.63, 3.8) is 0 Å². The highest BCUT2D eigenvalue weighted by atomic mass is 32.2. The molecule has 8 nitrogen and oxygen atoms in total. The molecule has 2 aromatic heterocycles. The normalized spacial score (nSPS) is 11.5. The smallest absolute Gasteiger partial charge is 0.267 e. The maximum absolute atomic E-state index is 13.1. The molecule has 4 rings (SSSR count). The van der Waals surface area contributed by atoms with E-state index in [0.717, 1.165) is 16.5 Å². The number of carbonyl (C=O) groups excluding carboxylic acids is 2. The van der Waals surface area contributed by atoms with E-state index < -0.39 is 9.84 Å². The van der Waals surface area contributed by atoms with Crippen LogP contribution in [0.25, 0.3) is 10.9 Å². The van der Waals surface area contributed by atoms with Gasteiger partial charge in [0, 0.05) is 41.9 Å². The van der Waals surface area contributed by atoms with Crippen molar-refractivity contribution in [1.82, 2.24) is 20.6 Å². The molecule has 0 saturated heterocycles. The number of aromatic nitrogens is 2. The SMILES string of the molecule is CC(C)CNC(=O)c1cccc(S(=O)(=O)c2ccc(CNC(=O)c3cc4cnccc4[nH]3)cc2)c1. The molecule has 2 heterocycles. The van der Waals surface area contributed by atoms with Gasteiger partial charge in [0.15, 0.2) is 0 Å². The molecular weight excluding hydrogens is 464 g/mol. The number of nitrogens with one attached hydrogen (secondary N) is 3. The second-order valence-electron chi connectivity index (χ2n) is 8.61. The largest absolute Gasteiger partial charge is 0.352 e. The summed E-state index contributed by atoms with van der Waals surface area (Å²) in [5, 5.41) is 6.46. The Morgan fingerprint density at radius 1 is 0.943 bits per heavy atom. The van der Waals surface area contributed by atoms with Gasteiger partial charge in [-0.05, 0) is 53.9 Å². The fraction of sp³-hybridized carbons (Fsp3) is 0.192. The molecule has 2 amide bonds. The molecule has 9 heteroatoms. The average molecular weight is 491 g/mol. The summed E-state index contributed by atoms with van der Waals surface area (Å²) < 4.78 is 26.2. The van der Waals surface area contributed by atoms with Crippen molar-refractivity contribution in [2.75, 3.05) is 6.54 Å². The van der Waals surface area contributed by atoms with Crippen LogP contribution in [0.4, 0.5) is 0 Å². The van der Waals surface area contributed by atoms with E-state index in [1.54, 1.807) is 48.8 Å². The molecule has 0 bridgehead atoms. The first-order valence-corrected chi connectivity index (χ1v) is 12.7. The lowest BCUT2D eigenvalue weighted by molar-refractivity contribution is 0.0939. The van der Waals surface area contributed by atoms with Gasteiger partial charge in [0.1, 0.15) is 5.69 Å². The fourth-order valence-electron chi connectivity index (χ4n) is 3.50. The lowest BCUT2D eigenvalue weighted by Crippen LogP contribution is -2.27. The van der Waals surface area contributed by atoms with Gasteiger partial charge in [-0.25, -0.2) is 8.42 Å². The van der Waals surface area contributed by atoms with Gasteiger partial charge >= 0.3 is 0 Å². The topological polar surface area (TPSA) is 121 Å². The molecule has 0 unspecified atom stereocenters. The highest BCUT2D eigenvalue weighted by Crippen LogP contribution is 2.22. The molecule has 35 heavy (non-hydrogen) atoms. The van der Waals surface area contributed by atoms with Crippen LogP contribution in [-0.4, -0.2) is 36.7 Å². The van der Waals surface area contributed by atoms with Crippen molar-refractivity contribution in [3.05, 3.63) is 89.9 Å². The molecule has 3 N–H and O–H groups in total. The summed E-state index contributed by atoms with van der Waals surface area (Å²) in [6.07, 6.45) is 3.32. The van der Waals surface area contributed by atoms with E-state index in [0.29, 0.717) is 17.8 Å². The number of hydrogen-bond donors (Lipinski definition) is 3. The number of rotatable bonds is 8. The fourth-order valence-corrected chi connectivity index (χ4v) is 4.80. The quantitative estimate of drug-likeness (QED) is 0.348. The molecule has 2 aromatic carbocycles. The predicted molar refractivity (Wildman–Crippen MR) is 133 cm³/mol. The maximum Gasteiger partial charge on any atom is 0.267 e. The number of nitrogens with zero attached hydrogens (tertiary/aromatic N) is 1. The molecule has 0 aliphatic carbocycles. The molecule has 180 valence electrons. The number of carbonyl (C=O) groups is 2. The number of sulfone groups is 1. The third-order valence-corrected chi connectivity index (χ3v) is 7.20. The van der Waals surface area contributed by atoms with Crippen LogP contribution in [0.15, 0.2) is 82.8 Å². The van der Waals surface area contributed by atoms with Crippen LogP contribution in [0.3, 0.4) is 0 Å². The number of amides is 2. The predicted octanol–water partition coefficient (Wildman–Crippen LogP) is 3.71. The number of aromatic amines is 1. The van der Waals surface area contributed by atoms with Gasteiger partial charge in [-0.3, -0.25) is 14.6 Å². The van der Waals surface area contributed by atoms with Gasteiger partial charge in [-0.15, -0.1) is 0 Å². The van der Waals surface area contributed by atoms with Crippen molar-refractivity contribution in [1.29, 1.82) is 0 Å². The minimum absolute atomic E-state index is 0.0454. The van der Waals surface area contributed by atoms with E-state index in [1.165, 1.54) is 24.3 Å². The Morgan fingerprint density at radius 2 is 1.71 bits per heavy atom. The standard InChI is InChI=1S/C26H26N4O4S/c1-17(2)14-28-25(31)19-4-3-5-22(12-19)35(33,34)21-8-6-18(7-9-21)15-29-26(32)24-13-20-16-27-11-10-23(20)30-24/h3-13,16-17,30H,14-15H2,1-2H3,(H,28,31)(H,29,32). The Morgan fingerprint density at radius 3 is 2.43 bits per heavy atom. The molecular formula is C26H26N4O4S. The number of benzene rings is 2. The summed E-state index contributed by atoms with van der Waals surface area (Å²) in [5.41, 5.74) is 2.28. The van der Waals surface area contributed by atoms with Crippen LogP contribution in [-0.2, 0) is 16.4 Å². The van der Waals surface area contributed by atoms with E-state index in [9.17, 15) is 18.0 Å². The van der Waals surface area contributed by atoms with Crippen LogP contribution in [0.2, 0.25) is 0 Å². The van der Waals surface area contributed by atoms with Crippen molar-refractivity contribution in [2.24, 2.45) is 5.92 Å². The summed E-state index contributed by atoms with van der Waals surface area (Å²) in [6, 6.07) is 15.8. The van der Waals surface area contributed by atoms with Crippen molar-refractivity contribution in [3.8, 4) is 0 Å². The second-order valence-corrected chi connectivity index (χ2v) is 10.6. The lowest BCUT2D eigenvalue weighted by atomic mass is 10.2. The summed E-state index contributed by atoms with van der Waals surface area (Å²) in [7, 11) is -3.81. The first kappa shape index (κ1) is 24.2. The zero-order valence-corrected chi connectivity index (χ0v) is 20.2. The highest BCUT2D eigenvalue weighted by Gasteiger charge is 2.19. The summed E-state index contributed by atoms with van der Waals surface area (Å²) in [6.45, 7) is 4.70. The highest BCUT2D eigenvalue weighted by molar-refractivity contribution is 7.91. The molecule has 0 radical (unpaired) electrons. The number of pyridine rings is 1. The average Bonchev–Trinajstić information content (AvgIpc) is 3.30.